The van der Waals surface area contributed by atoms with E-state index in [1.54, 1.807) is 0 Å². The first-order chi connectivity index (χ1) is 9.64. The fourth-order valence-electron chi connectivity index (χ4n) is 1.98. The molecule has 2 N–H and O–H groups in total. The van der Waals surface area contributed by atoms with Crippen LogP contribution in [0.15, 0.2) is 10.3 Å². The number of hydrogen-bond acceptors (Lipinski definition) is 7. The summed E-state index contributed by atoms with van der Waals surface area (Å²) in [5.41, 5.74) is -0.563. The van der Waals surface area contributed by atoms with Gasteiger partial charge in [-0.3, -0.25) is 14.9 Å². The van der Waals surface area contributed by atoms with Crippen LogP contribution in [0.4, 0.5) is 5.69 Å². The number of carbonyl (C=O) groups is 1. The first kappa shape index (κ1) is 16.1. The number of aliphatic carboxylic acids is 1. The lowest BCUT2D eigenvalue weighted by molar-refractivity contribution is -0.384. The van der Waals surface area contributed by atoms with Crippen molar-refractivity contribution in [1.82, 2.24) is 4.31 Å². The standard InChI is InChI=1S/C9H9ClN2O7S2/c10-8-5(12(16)17)2-7(20-8)21(18,19)11-3-4(13)1-6(11)9(14)15/h2,4,6,13H,1,3H2,(H,14,15). The fraction of sp³-hybridized carbons (Fsp3) is 0.444. The third kappa shape index (κ3) is 2.87. The van der Waals surface area contributed by atoms with E-state index >= 15 is 0 Å². The SMILES string of the molecule is O=C(O)C1CC(O)CN1S(=O)(=O)c1cc([N+](=O)[O-])c(Cl)s1. The van der Waals surface area contributed by atoms with Gasteiger partial charge in [0.25, 0.3) is 15.7 Å². The summed E-state index contributed by atoms with van der Waals surface area (Å²) in [5, 5.41) is 29.2. The lowest BCUT2D eigenvalue weighted by Gasteiger charge is -2.19. The van der Waals surface area contributed by atoms with Crippen molar-refractivity contribution in [1.29, 1.82) is 0 Å². The Kier molecular flexibility index (Phi) is 4.22. The maximum Gasteiger partial charge on any atom is 0.322 e. The number of carboxylic acid groups (broad SMARTS) is 1. The molecule has 0 aliphatic carbocycles. The molecule has 1 saturated heterocycles. The highest BCUT2D eigenvalue weighted by Crippen LogP contribution is 2.39. The van der Waals surface area contributed by atoms with Crippen LogP contribution in [0.1, 0.15) is 6.42 Å². The van der Waals surface area contributed by atoms with E-state index in [2.05, 4.69) is 0 Å². The molecule has 0 spiro atoms. The van der Waals surface area contributed by atoms with E-state index in [1.165, 1.54) is 0 Å². The molecule has 116 valence electrons. The second-order valence-corrected chi connectivity index (χ2v) is 8.07. The highest BCUT2D eigenvalue weighted by Gasteiger charge is 2.44. The van der Waals surface area contributed by atoms with Crippen LogP contribution in [0.2, 0.25) is 4.34 Å². The average molecular weight is 357 g/mol. The van der Waals surface area contributed by atoms with E-state index in [1.807, 2.05) is 0 Å². The van der Waals surface area contributed by atoms with Crippen molar-refractivity contribution >= 4 is 44.6 Å². The Labute approximate surface area is 127 Å². The molecular formula is C9H9ClN2O7S2. The van der Waals surface area contributed by atoms with E-state index in [-0.39, 0.29) is 17.3 Å². The number of rotatable bonds is 4. The average Bonchev–Trinajstić information content (AvgIpc) is 2.93. The maximum atomic E-state index is 12.4. The molecule has 2 unspecified atom stereocenters. The zero-order valence-corrected chi connectivity index (χ0v) is 12.6. The van der Waals surface area contributed by atoms with Crippen LogP contribution in [0, 0.1) is 10.1 Å². The van der Waals surface area contributed by atoms with Crippen molar-refractivity contribution < 1.29 is 28.3 Å². The largest absolute Gasteiger partial charge is 0.480 e. The van der Waals surface area contributed by atoms with E-state index in [0.717, 1.165) is 6.07 Å². The first-order valence-corrected chi connectivity index (χ1v) is 8.14. The van der Waals surface area contributed by atoms with Gasteiger partial charge in [-0.2, -0.15) is 4.31 Å². The second kappa shape index (κ2) is 5.50. The number of nitro groups is 1. The zero-order chi connectivity index (χ0) is 15.9. The smallest absolute Gasteiger partial charge is 0.322 e. The Morgan fingerprint density at radius 2 is 2.19 bits per heavy atom. The van der Waals surface area contributed by atoms with Crippen LogP contribution in [0.25, 0.3) is 0 Å². The summed E-state index contributed by atoms with van der Waals surface area (Å²) in [6, 6.07) is -0.628. The van der Waals surface area contributed by atoms with E-state index < -0.39 is 43.0 Å². The van der Waals surface area contributed by atoms with Crippen molar-refractivity contribution in [3.05, 3.63) is 20.5 Å². The molecule has 1 aliphatic rings. The third-order valence-electron chi connectivity index (χ3n) is 2.92. The predicted octanol–water partition coefficient (Wildman–Crippen LogP) is 0.518. The second-order valence-electron chi connectivity index (χ2n) is 4.30. The Hall–Kier alpha value is -1.27. The van der Waals surface area contributed by atoms with Crippen molar-refractivity contribution in [3.63, 3.8) is 0 Å². The molecule has 9 nitrogen and oxygen atoms in total. The molecule has 21 heavy (non-hydrogen) atoms. The van der Waals surface area contributed by atoms with Crippen LogP contribution in [-0.2, 0) is 14.8 Å². The van der Waals surface area contributed by atoms with Crippen LogP contribution >= 0.6 is 22.9 Å². The Bertz CT molecular complexity index is 701. The third-order valence-corrected chi connectivity index (χ3v) is 6.59. The van der Waals surface area contributed by atoms with Gasteiger partial charge in [0.05, 0.1) is 11.0 Å². The molecule has 1 aliphatic heterocycles. The molecule has 0 bridgehead atoms. The molecular weight excluding hydrogens is 348 g/mol. The quantitative estimate of drug-likeness (QED) is 0.592. The Balaban J connectivity index is 2.44. The minimum atomic E-state index is -4.28. The van der Waals surface area contributed by atoms with Gasteiger partial charge in [-0.1, -0.05) is 11.6 Å². The summed E-state index contributed by atoms with van der Waals surface area (Å²) in [6.07, 6.45) is -1.35. The predicted molar refractivity (Wildman–Crippen MR) is 71.9 cm³/mol. The summed E-state index contributed by atoms with van der Waals surface area (Å²) in [7, 11) is -4.28. The Morgan fingerprint density at radius 3 is 2.67 bits per heavy atom. The van der Waals surface area contributed by atoms with Gasteiger partial charge in [-0.25, -0.2) is 8.42 Å². The molecule has 1 fully saturated rings. The van der Waals surface area contributed by atoms with E-state index in [0.29, 0.717) is 15.6 Å². The number of thiophene rings is 1. The van der Waals surface area contributed by atoms with Crippen LogP contribution in [-0.4, -0.2) is 52.5 Å². The van der Waals surface area contributed by atoms with E-state index in [9.17, 15) is 28.4 Å². The van der Waals surface area contributed by atoms with Gasteiger partial charge >= 0.3 is 5.97 Å². The van der Waals surface area contributed by atoms with E-state index in [4.69, 9.17) is 16.7 Å². The molecule has 2 atom stereocenters. The lowest BCUT2D eigenvalue weighted by Crippen LogP contribution is -2.40. The number of halogens is 1. The summed E-state index contributed by atoms with van der Waals surface area (Å²) >= 11 is 6.08. The van der Waals surface area contributed by atoms with Crippen molar-refractivity contribution in [2.24, 2.45) is 0 Å². The molecule has 0 amide bonds. The lowest BCUT2D eigenvalue weighted by atomic mass is 10.2. The number of hydrogen-bond donors (Lipinski definition) is 2. The van der Waals surface area contributed by atoms with Gasteiger partial charge in [0, 0.05) is 19.0 Å². The van der Waals surface area contributed by atoms with Gasteiger partial charge < -0.3 is 10.2 Å². The molecule has 0 aromatic carbocycles. The van der Waals surface area contributed by atoms with Crippen molar-refractivity contribution in [2.45, 2.75) is 22.8 Å². The van der Waals surface area contributed by atoms with Gasteiger partial charge in [0.15, 0.2) is 4.34 Å². The number of aliphatic hydroxyl groups excluding tert-OH is 1. The highest BCUT2D eigenvalue weighted by molar-refractivity contribution is 7.91. The summed E-state index contributed by atoms with van der Waals surface area (Å²) in [5.74, 6) is -1.40. The zero-order valence-electron chi connectivity index (χ0n) is 10.2. The van der Waals surface area contributed by atoms with Crippen LogP contribution in [0.3, 0.4) is 0 Å². The molecule has 12 heteroatoms. The first-order valence-electron chi connectivity index (χ1n) is 5.51. The molecule has 0 saturated carbocycles. The summed E-state index contributed by atoms with van der Waals surface area (Å²) in [6.45, 7) is -0.386. The number of carboxylic acids is 1. The van der Waals surface area contributed by atoms with Crippen LogP contribution < -0.4 is 0 Å². The topological polar surface area (TPSA) is 138 Å². The Morgan fingerprint density at radius 1 is 1.57 bits per heavy atom. The highest BCUT2D eigenvalue weighted by atomic mass is 35.5. The molecule has 0 radical (unpaired) electrons. The maximum absolute atomic E-state index is 12.4. The van der Waals surface area contributed by atoms with Gasteiger partial charge in [0.2, 0.25) is 0 Å². The monoisotopic (exact) mass is 356 g/mol. The number of nitrogens with zero attached hydrogens (tertiary/aromatic N) is 2. The summed E-state index contributed by atoms with van der Waals surface area (Å²) in [4.78, 5) is 20.9. The van der Waals surface area contributed by atoms with Gasteiger partial charge in [-0.05, 0) is 0 Å². The molecule has 2 rings (SSSR count). The molecule has 1 aromatic rings. The van der Waals surface area contributed by atoms with Gasteiger partial charge in [0.1, 0.15) is 10.3 Å². The number of sulfonamides is 1. The normalized spacial score (nSPS) is 23.3. The van der Waals surface area contributed by atoms with Gasteiger partial charge in [-0.15, -0.1) is 11.3 Å². The number of aliphatic hydroxyl groups is 1. The molecule has 1 aromatic heterocycles. The minimum Gasteiger partial charge on any atom is -0.480 e. The fourth-order valence-corrected chi connectivity index (χ4v) is 5.41. The van der Waals surface area contributed by atoms with Crippen molar-refractivity contribution in [3.8, 4) is 0 Å². The van der Waals surface area contributed by atoms with Crippen LogP contribution in [0.5, 0.6) is 0 Å². The van der Waals surface area contributed by atoms with Crippen molar-refractivity contribution in [2.75, 3.05) is 6.54 Å². The molecule has 2 heterocycles. The minimum absolute atomic E-state index is 0.240. The number of β-amino-alcohol motifs (C(OH)–C–C–N with tert-alkyl or cyclic N) is 1. The summed E-state index contributed by atoms with van der Waals surface area (Å²) < 4.78 is 24.6.